The summed E-state index contributed by atoms with van der Waals surface area (Å²) >= 11 is 0. The van der Waals surface area contributed by atoms with E-state index in [9.17, 15) is 0 Å². The predicted molar refractivity (Wildman–Crippen MR) is 128 cm³/mol. The molecule has 0 spiro atoms. The van der Waals surface area contributed by atoms with Crippen molar-refractivity contribution in [2.75, 3.05) is 39.8 Å². The van der Waals surface area contributed by atoms with Crippen LogP contribution in [0.4, 0.5) is 0 Å². The number of rotatable bonds is 11. The number of nitrogens with zero attached hydrogens (tertiary/aromatic N) is 3. The molecule has 0 atom stereocenters. The molecule has 0 aliphatic heterocycles. The Bertz CT molecular complexity index is 671. The molecule has 1 heterocycles. The topological polar surface area (TPSA) is 53.8 Å². The number of hydrogen-bond donors (Lipinski definition) is 2. The second-order valence-corrected chi connectivity index (χ2v) is 6.26. The first-order valence-corrected chi connectivity index (χ1v) is 9.75. The Hall–Kier alpha value is -1.74. The molecular weight excluding hydrogens is 465 g/mol. The van der Waals surface area contributed by atoms with Crippen LogP contribution in [0.15, 0.2) is 53.8 Å². The molecule has 2 rings (SSSR count). The SMILES string of the molecule is CCN(CC)CCOc1ccccc1CNC(=NC)NCCn1cccc1.I. The van der Waals surface area contributed by atoms with E-state index in [0.29, 0.717) is 13.2 Å². The van der Waals surface area contributed by atoms with Crippen molar-refractivity contribution in [3.05, 3.63) is 54.4 Å². The van der Waals surface area contributed by atoms with Crippen molar-refractivity contribution in [2.24, 2.45) is 4.99 Å². The fraction of sp³-hybridized carbons (Fsp3) is 0.476. The monoisotopic (exact) mass is 499 g/mol. The van der Waals surface area contributed by atoms with Crippen LogP contribution in [0.3, 0.4) is 0 Å². The van der Waals surface area contributed by atoms with Crippen LogP contribution in [0, 0.1) is 0 Å². The summed E-state index contributed by atoms with van der Waals surface area (Å²) in [4.78, 5) is 6.66. The Labute approximate surface area is 186 Å². The zero-order valence-electron chi connectivity index (χ0n) is 17.2. The van der Waals surface area contributed by atoms with Crippen molar-refractivity contribution in [3.8, 4) is 5.75 Å². The number of hydrogen-bond acceptors (Lipinski definition) is 3. The third kappa shape index (κ3) is 8.52. The van der Waals surface area contributed by atoms with E-state index in [1.807, 2.05) is 30.3 Å². The van der Waals surface area contributed by atoms with Gasteiger partial charge in [0.1, 0.15) is 12.4 Å². The van der Waals surface area contributed by atoms with Gasteiger partial charge in [0.25, 0.3) is 0 Å². The van der Waals surface area contributed by atoms with E-state index in [2.05, 4.69) is 57.4 Å². The van der Waals surface area contributed by atoms with Gasteiger partial charge in [-0.2, -0.15) is 0 Å². The summed E-state index contributed by atoms with van der Waals surface area (Å²) in [6, 6.07) is 12.2. The summed E-state index contributed by atoms with van der Waals surface area (Å²) in [6.45, 7) is 10.5. The van der Waals surface area contributed by atoms with Crippen molar-refractivity contribution in [1.29, 1.82) is 0 Å². The normalized spacial score (nSPS) is 11.2. The molecule has 1 aromatic heterocycles. The average molecular weight is 499 g/mol. The molecule has 0 saturated carbocycles. The van der Waals surface area contributed by atoms with Gasteiger partial charge in [0.15, 0.2) is 5.96 Å². The highest BCUT2D eigenvalue weighted by atomic mass is 127. The first kappa shape index (κ1) is 24.3. The third-order valence-electron chi connectivity index (χ3n) is 4.53. The second-order valence-electron chi connectivity index (χ2n) is 6.26. The Morgan fingerprint density at radius 3 is 2.46 bits per heavy atom. The number of aliphatic imine (C=N–C) groups is 1. The summed E-state index contributed by atoms with van der Waals surface area (Å²) in [5.74, 6) is 1.72. The molecule has 0 amide bonds. The molecule has 0 aliphatic rings. The van der Waals surface area contributed by atoms with E-state index in [1.54, 1.807) is 7.05 Å². The number of ether oxygens (including phenoxy) is 1. The maximum atomic E-state index is 6.02. The Kier molecular flexibility index (Phi) is 12.4. The lowest BCUT2D eigenvalue weighted by atomic mass is 10.2. The van der Waals surface area contributed by atoms with Gasteiger partial charge in [-0.1, -0.05) is 32.0 Å². The van der Waals surface area contributed by atoms with Gasteiger partial charge in [-0.25, -0.2) is 0 Å². The molecule has 1 aromatic carbocycles. The van der Waals surface area contributed by atoms with Crippen LogP contribution in [0.25, 0.3) is 0 Å². The van der Waals surface area contributed by atoms with Crippen LogP contribution in [0.1, 0.15) is 19.4 Å². The van der Waals surface area contributed by atoms with Crippen LogP contribution in [0.2, 0.25) is 0 Å². The van der Waals surface area contributed by atoms with E-state index in [1.165, 1.54) is 0 Å². The second kappa shape index (κ2) is 14.3. The molecule has 0 bridgehead atoms. The molecule has 0 fully saturated rings. The molecule has 7 heteroatoms. The van der Waals surface area contributed by atoms with Gasteiger partial charge in [0.05, 0.1) is 0 Å². The fourth-order valence-electron chi connectivity index (χ4n) is 2.84. The third-order valence-corrected chi connectivity index (χ3v) is 4.53. The summed E-state index contributed by atoms with van der Waals surface area (Å²) in [7, 11) is 1.79. The fourth-order valence-corrected chi connectivity index (χ4v) is 2.84. The highest BCUT2D eigenvalue weighted by Crippen LogP contribution is 2.17. The van der Waals surface area contributed by atoms with Crippen LogP contribution < -0.4 is 15.4 Å². The Morgan fingerprint density at radius 2 is 1.79 bits per heavy atom. The highest BCUT2D eigenvalue weighted by molar-refractivity contribution is 14.0. The van der Waals surface area contributed by atoms with Crippen LogP contribution in [-0.4, -0.2) is 55.3 Å². The van der Waals surface area contributed by atoms with E-state index < -0.39 is 0 Å². The summed E-state index contributed by atoms with van der Waals surface area (Å²) in [5.41, 5.74) is 1.13. The lowest BCUT2D eigenvalue weighted by Crippen LogP contribution is -2.38. The van der Waals surface area contributed by atoms with Crippen LogP contribution >= 0.6 is 24.0 Å². The number of halogens is 1. The number of benzene rings is 1. The van der Waals surface area contributed by atoms with Gasteiger partial charge >= 0.3 is 0 Å². The number of nitrogens with one attached hydrogen (secondary N) is 2. The standard InChI is InChI=1S/C21H33N5O.HI/c1-4-25(5-2)16-17-27-20-11-7-6-10-19(20)18-24-21(22-3)23-12-15-26-13-8-9-14-26;/h6-11,13-14H,4-5,12,15-18H2,1-3H3,(H2,22,23,24);1H. The highest BCUT2D eigenvalue weighted by Gasteiger charge is 2.06. The van der Waals surface area contributed by atoms with Gasteiger partial charge in [-0.15, -0.1) is 24.0 Å². The molecule has 0 aliphatic carbocycles. The maximum Gasteiger partial charge on any atom is 0.191 e. The largest absolute Gasteiger partial charge is 0.492 e. The zero-order chi connectivity index (χ0) is 19.3. The van der Waals surface area contributed by atoms with E-state index >= 15 is 0 Å². The minimum absolute atomic E-state index is 0. The molecule has 0 saturated heterocycles. The molecule has 156 valence electrons. The van der Waals surface area contributed by atoms with Crippen LogP contribution in [-0.2, 0) is 13.1 Å². The molecular formula is C21H34IN5O. The van der Waals surface area contributed by atoms with Gasteiger partial charge in [-0.05, 0) is 31.3 Å². The zero-order valence-corrected chi connectivity index (χ0v) is 19.6. The molecule has 2 aromatic rings. The average Bonchev–Trinajstić information content (AvgIpc) is 3.22. The van der Waals surface area contributed by atoms with E-state index in [0.717, 1.165) is 50.0 Å². The van der Waals surface area contributed by atoms with Crippen molar-refractivity contribution >= 4 is 29.9 Å². The first-order chi connectivity index (χ1) is 13.3. The van der Waals surface area contributed by atoms with Gasteiger partial charge in [-0.3, -0.25) is 4.99 Å². The Balaban J connectivity index is 0.00000392. The number of aromatic nitrogens is 1. The molecule has 6 nitrogen and oxygen atoms in total. The summed E-state index contributed by atoms with van der Waals surface area (Å²) < 4.78 is 8.16. The van der Waals surface area contributed by atoms with Gasteiger partial charge in [0.2, 0.25) is 0 Å². The Morgan fingerprint density at radius 1 is 1.07 bits per heavy atom. The van der Waals surface area contributed by atoms with Crippen molar-refractivity contribution in [1.82, 2.24) is 20.1 Å². The predicted octanol–water partition coefficient (Wildman–Crippen LogP) is 3.19. The lowest BCUT2D eigenvalue weighted by Gasteiger charge is -2.19. The first-order valence-electron chi connectivity index (χ1n) is 9.75. The van der Waals surface area contributed by atoms with Crippen molar-refractivity contribution < 1.29 is 4.74 Å². The molecule has 28 heavy (non-hydrogen) atoms. The quantitative estimate of drug-likeness (QED) is 0.283. The minimum Gasteiger partial charge on any atom is -0.492 e. The smallest absolute Gasteiger partial charge is 0.191 e. The van der Waals surface area contributed by atoms with E-state index in [-0.39, 0.29) is 24.0 Å². The van der Waals surface area contributed by atoms with Gasteiger partial charge in [0, 0.05) is 51.2 Å². The van der Waals surface area contributed by atoms with Gasteiger partial charge < -0.3 is 24.8 Å². The van der Waals surface area contributed by atoms with Crippen LogP contribution in [0.5, 0.6) is 5.75 Å². The van der Waals surface area contributed by atoms with Crippen molar-refractivity contribution in [3.63, 3.8) is 0 Å². The maximum absolute atomic E-state index is 6.02. The number of guanidine groups is 1. The number of para-hydroxylation sites is 1. The molecule has 2 N–H and O–H groups in total. The molecule has 0 unspecified atom stereocenters. The lowest BCUT2D eigenvalue weighted by molar-refractivity contribution is 0.221. The summed E-state index contributed by atoms with van der Waals surface area (Å²) in [6.07, 6.45) is 4.12. The summed E-state index contributed by atoms with van der Waals surface area (Å²) in [5, 5.41) is 6.71. The van der Waals surface area contributed by atoms with E-state index in [4.69, 9.17) is 4.74 Å². The minimum atomic E-state index is 0. The van der Waals surface area contributed by atoms with Crippen molar-refractivity contribution in [2.45, 2.75) is 26.9 Å². The number of likely N-dealkylation sites (N-methyl/N-ethyl adjacent to an activating group) is 1. The molecule has 0 radical (unpaired) electrons.